The van der Waals surface area contributed by atoms with Gasteiger partial charge in [-0.05, 0) is 5.92 Å². The van der Waals surface area contributed by atoms with E-state index in [0.717, 1.165) is 11.4 Å². The minimum absolute atomic E-state index is 0.114. The third-order valence-electron chi connectivity index (χ3n) is 2.87. The van der Waals surface area contributed by atoms with Crippen LogP contribution in [0.3, 0.4) is 0 Å². The second-order valence-electron chi connectivity index (χ2n) is 5.40. The number of hydrogen-bond acceptors (Lipinski definition) is 6. The Kier molecular flexibility index (Phi) is 5.05. The zero-order chi connectivity index (χ0) is 15.6. The van der Waals surface area contributed by atoms with E-state index in [1.807, 2.05) is 0 Å². The van der Waals surface area contributed by atoms with Crippen molar-refractivity contribution in [1.82, 2.24) is 15.5 Å². The number of nitrogens with zero attached hydrogens (tertiary/aromatic N) is 2. The summed E-state index contributed by atoms with van der Waals surface area (Å²) in [5, 5.41) is 13.6. The van der Waals surface area contributed by atoms with Crippen molar-refractivity contribution in [3.63, 3.8) is 0 Å². The lowest BCUT2D eigenvalue weighted by Gasteiger charge is -2.13. The number of nitrogens with one attached hydrogen (secondary N) is 2. The molecule has 0 aliphatic carbocycles. The van der Waals surface area contributed by atoms with Gasteiger partial charge in [0.1, 0.15) is 5.01 Å². The van der Waals surface area contributed by atoms with Crippen LogP contribution in [-0.4, -0.2) is 47.6 Å². The predicted molar refractivity (Wildman–Crippen MR) is 82.7 cm³/mol. The Balaban J connectivity index is 1.89. The van der Waals surface area contributed by atoms with Crippen LogP contribution in [0.2, 0.25) is 0 Å². The Morgan fingerprint density at radius 2 is 2.14 bits per heavy atom. The lowest BCUT2D eigenvalue weighted by molar-refractivity contribution is 0.249. The van der Waals surface area contributed by atoms with Gasteiger partial charge in [-0.25, -0.2) is 13.2 Å². The molecule has 0 aromatic carbocycles. The van der Waals surface area contributed by atoms with Crippen LogP contribution in [0.5, 0.6) is 0 Å². The van der Waals surface area contributed by atoms with Gasteiger partial charge in [0, 0.05) is 6.42 Å². The second-order valence-corrected chi connectivity index (χ2v) is 9.17. The third kappa shape index (κ3) is 4.79. The van der Waals surface area contributed by atoms with Gasteiger partial charge in [-0.3, -0.25) is 5.32 Å². The average Bonchev–Trinajstić information content (AvgIpc) is 2.82. The van der Waals surface area contributed by atoms with Crippen molar-refractivity contribution in [2.75, 3.05) is 16.8 Å². The number of alkyl halides is 1. The van der Waals surface area contributed by atoms with Gasteiger partial charge in [0.15, 0.2) is 9.84 Å². The molecule has 2 heterocycles. The largest absolute Gasteiger partial charge is 0.333 e. The van der Waals surface area contributed by atoms with Crippen molar-refractivity contribution in [1.29, 1.82) is 0 Å². The molecular weight excluding hydrogens is 336 g/mol. The molecule has 2 rings (SSSR count). The SMILES string of the molecule is CC(C)Cc1nnc(NC(=O)N[C@H]2CS(=O)(=O)C[C@@H]2Cl)s1. The van der Waals surface area contributed by atoms with E-state index in [-0.39, 0.29) is 11.5 Å². The lowest BCUT2D eigenvalue weighted by Crippen LogP contribution is -2.42. The van der Waals surface area contributed by atoms with E-state index in [4.69, 9.17) is 11.6 Å². The van der Waals surface area contributed by atoms with Crippen molar-refractivity contribution in [2.45, 2.75) is 31.7 Å². The Morgan fingerprint density at radius 1 is 1.43 bits per heavy atom. The van der Waals surface area contributed by atoms with E-state index in [1.165, 1.54) is 11.3 Å². The van der Waals surface area contributed by atoms with Crippen LogP contribution in [0.1, 0.15) is 18.9 Å². The standard InChI is InChI=1S/C11H17ClN4O3S2/c1-6(2)3-9-15-16-11(20-9)14-10(17)13-8-5-21(18,19)4-7(8)12/h6-8H,3-5H2,1-2H3,(H2,13,14,16,17)/t7-,8-/m0/s1. The zero-order valence-corrected chi connectivity index (χ0v) is 14.1. The molecule has 1 aromatic rings. The first kappa shape index (κ1) is 16.4. The molecule has 2 amide bonds. The molecule has 1 aliphatic rings. The van der Waals surface area contributed by atoms with Gasteiger partial charge in [0.2, 0.25) is 5.13 Å². The molecule has 0 spiro atoms. The van der Waals surface area contributed by atoms with Crippen molar-refractivity contribution < 1.29 is 13.2 Å². The fourth-order valence-electron chi connectivity index (χ4n) is 1.97. The smallest absolute Gasteiger partial charge is 0.321 e. The van der Waals surface area contributed by atoms with Crippen molar-refractivity contribution in [3.05, 3.63) is 5.01 Å². The first-order valence-electron chi connectivity index (χ1n) is 6.49. The maximum absolute atomic E-state index is 11.8. The topological polar surface area (TPSA) is 101 Å². The highest BCUT2D eigenvalue weighted by Gasteiger charge is 2.37. The van der Waals surface area contributed by atoms with Crippen LogP contribution in [0.25, 0.3) is 0 Å². The van der Waals surface area contributed by atoms with Gasteiger partial charge < -0.3 is 5.32 Å². The minimum atomic E-state index is -3.17. The number of rotatable bonds is 4. The maximum Gasteiger partial charge on any atom is 0.321 e. The normalized spacial score (nSPS) is 24.2. The van der Waals surface area contributed by atoms with E-state index in [1.54, 1.807) is 0 Å². The number of aromatic nitrogens is 2. The number of amides is 2. The van der Waals surface area contributed by atoms with Crippen molar-refractivity contribution >= 4 is 43.9 Å². The molecule has 1 aromatic heterocycles. The van der Waals surface area contributed by atoms with Gasteiger partial charge in [-0.2, -0.15) is 0 Å². The lowest BCUT2D eigenvalue weighted by atomic mass is 10.1. The van der Waals surface area contributed by atoms with E-state index >= 15 is 0 Å². The molecule has 1 fully saturated rings. The van der Waals surface area contributed by atoms with Gasteiger partial charge in [-0.1, -0.05) is 25.2 Å². The highest BCUT2D eigenvalue weighted by atomic mass is 35.5. The summed E-state index contributed by atoms with van der Waals surface area (Å²) in [6.45, 7) is 4.14. The number of carbonyl (C=O) groups excluding carboxylic acids is 1. The Bertz CT molecular complexity index is 617. The average molecular weight is 353 g/mol. The van der Waals surface area contributed by atoms with Gasteiger partial charge >= 0.3 is 6.03 Å². The predicted octanol–water partition coefficient (Wildman–Crippen LogP) is 1.26. The summed E-state index contributed by atoms with van der Waals surface area (Å²) in [4.78, 5) is 11.8. The first-order valence-corrected chi connectivity index (χ1v) is 9.57. The molecule has 7 nitrogen and oxygen atoms in total. The summed E-state index contributed by atoms with van der Waals surface area (Å²) in [7, 11) is -3.17. The molecule has 10 heteroatoms. The molecule has 0 unspecified atom stereocenters. The van der Waals surface area contributed by atoms with Crippen molar-refractivity contribution in [3.8, 4) is 0 Å². The number of hydrogen-bond donors (Lipinski definition) is 2. The number of halogens is 1. The highest BCUT2D eigenvalue weighted by molar-refractivity contribution is 7.91. The Labute approximate surface area is 132 Å². The number of carbonyl (C=O) groups is 1. The second kappa shape index (κ2) is 6.45. The molecule has 0 radical (unpaired) electrons. The first-order chi connectivity index (χ1) is 9.75. The summed E-state index contributed by atoms with van der Waals surface area (Å²) in [6.07, 6.45) is 0.797. The Morgan fingerprint density at radius 3 is 2.71 bits per heavy atom. The molecule has 0 saturated carbocycles. The van der Waals surface area contributed by atoms with E-state index < -0.39 is 27.3 Å². The molecule has 2 N–H and O–H groups in total. The quantitative estimate of drug-likeness (QED) is 0.794. The Hall–Kier alpha value is -0.930. The fourth-order valence-corrected chi connectivity index (χ4v) is 5.47. The minimum Gasteiger partial charge on any atom is -0.333 e. The molecule has 2 atom stereocenters. The number of anilines is 1. The summed E-state index contributed by atoms with van der Waals surface area (Å²) in [5.74, 6) is 0.209. The summed E-state index contributed by atoms with van der Waals surface area (Å²) < 4.78 is 22.8. The third-order valence-corrected chi connectivity index (χ3v) is 6.11. The molecule has 21 heavy (non-hydrogen) atoms. The van der Waals surface area contributed by atoms with Crippen LogP contribution < -0.4 is 10.6 Å². The van der Waals surface area contributed by atoms with Gasteiger partial charge in [0.05, 0.1) is 22.9 Å². The zero-order valence-electron chi connectivity index (χ0n) is 11.7. The van der Waals surface area contributed by atoms with Gasteiger partial charge in [0.25, 0.3) is 0 Å². The van der Waals surface area contributed by atoms with Crippen LogP contribution in [-0.2, 0) is 16.3 Å². The number of urea groups is 1. The van der Waals surface area contributed by atoms with Crippen LogP contribution >= 0.6 is 22.9 Å². The van der Waals surface area contributed by atoms with E-state index in [2.05, 4.69) is 34.7 Å². The molecule has 1 aliphatic heterocycles. The van der Waals surface area contributed by atoms with Crippen LogP contribution in [0.15, 0.2) is 0 Å². The number of sulfone groups is 1. The highest BCUT2D eigenvalue weighted by Crippen LogP contribution is 2.20. The van der Waals surface area contributed by atoms with E-state index in [9.17, 15) is 13.2 Å². The van der Waals surface area contributed by atoms with E-state index in [0.29, 0.717) is 11.0 Å². The molecule has 0 bridgehead atoms. The summed E-state index contributed by atoms with van der Waals surface area (Å²) in [5.41, 5.74) is 0. The monoisotopic (exact) mass is 352 g/mol. The summed E-state index contributed by atoms with van der Waals surface area (Å²) in [6, 6.07) is -1.10. The maximum atomic E-state index is 11.8. The fraction of sp³-hybridized carbons (Fsp3) is 0.727. The van der Waals surface area contributed by atoms with Crippen molar-refractivity contribution in [2.24, 2.45) is 5.92 Å². The molecule has 118 valence electrons. The molecular formula is C11H17ClN4O3S2. The van der Waals surface area contributed by atoms with Crippen LogP contribution in [0, 0.1) is 5.92 Å². The summed E-state index contributed by atoms with van der Waals surface area (Å²) >= 11 is 7.23. The van der Waals surface area contributed by atoms with Gasteiger partial charge in [-0.15, -0.1) is 21.8 Å². The molecule has 1 saturated heterocycles. The van der Waals surface area contributed by atoms with Crippen LogP contribution in [0.4, 0.5) is 9.93 Å².